The number of nitrogens with zero attached hydrogens (tertiary/aromatic N) is 2. The third-order valence-electron chi connectivity index (χ3n) is 8.39. The molecule has 2 aromatic carbocycles. The minimum absolute atomic E-state index is 0.0420. The largest absolute Gasteiger partial charge is 0.489 e. The molecule has 208 valence electrons. The molecule has 2 amide bonds. The Labute approximate surface area is 232 Å². The number of benzene rings is 2. The zero-order valence-electron chi connectivity index (χ0n) is 21.9. The molecular weight excluding hydrogens is 523 g/mol. The van der Waals surface area contributed by atoms with Crippen molar-refractivity contribution in [2.24, 2.45) is 11.8 Å². The lowest BCUT2D eigenvalue weighted by molar-refractivity contribution is -0.143. The van der Waals surface area contributed by atoms with Crippen molar-refractivity contribution in [3.8, 4) is 5.75 Å². The molecule has 0 radical (unpaired) electrons. The van der Waals surface area contributed by atoms with Gasteiger partial charge in [-0.3, -0.25) is 24.2 Å². The van der Waals surface area contributed by atoms with Gasteiger partial charge in [-0.2, -0.15) is 0 Å². The number of hydrogen-bond acceptors (Lipinski definition) is 5. The first-order valence-electron chi connectivity index (χ1n) is 13.8. The predicted octanol–water partition coefficient (Wildman–Crippen LogP) is 5.39. The number of amides is 2. The van der Waals surface area contributed by atoms with Gasteiger partial charge in [0.2, 0.25) is 11.8 Å². The summed E-state index contributed by atoms with van der Waals surface area (Å²) >= 11 is 6.24. The molecule has 1 atom stereocenters. The van der Waals surface area contributed by atoms with Crippen LogP contribution in [-0.4, -0.2) is 52.4 Å². The molecule has 1 heterocycles. The summed E-state index contributed by atoms with van der Waals surface area (Å²) in [5, 5.41) is 10.1. The van der Waals surface area contributed by atoms with Gasteiger partial charge in [0.15, 0.2) is 11.6 Å². The number of likely N-dealkylation sites (tertiary alicyclic amines) is 1. The van der Waals surface area contributed by atoms with Crippen molar-refractivity contribution in [2.75, 3.05) is 19.7 Å². The van der Waals surface area contributed by atoms with Gasteiger partial charge in [0.05, 0.1) is 12.5 Å². The van der Waals surface area contributed by atoms with Crippen molar-refractivity contribution in [1.29, 1.82) is 0 Å². The molecular formula is C30H34ClFN2O5. The number of aliphatic carboxylic acids is 1. The van der Waals surface area contributed by atoms with E-state index >= 15 is 4.39 Å². The van der Waals surface area contributed by atoms with Crippen LogP contribution in [0.15, 0.2) is 36.4 Å². The second kappa shape index (κ2) is 12.0. The van der Waals surface area contributed by atoms with Crippen LogP contribution in [0.4, 0.5) is 4.39 Å². The highest BCUT2D eigenvalue weighted by molar-refractivity contribution is 6.30. The fraction of sp³-hybridized carbons (Fsp3) is 0.500. The first-order chi connectivity index (χ1) is 18.8. The molecule has 0 unspecified atom stereocenters. The number of aryl methyl sites for hydroxylation is 1. The molecule has 2 aromatic rings. The second-order valence-electron chi connectivity index (χ2n) is 10.9. The van der Waals surface area contributed by atoms with E-state index in [0.717, 1.165) is 42.8 Å². The van der Waals surface area contributed by atoms with Gasteiger partial charge < -0.3 is 9.84 Å². The van der Waals surface area contributed by atoms with E-state index in [9.17, 15) is 19.5 Å². The van der Waals surface area contributed by atoms with Crippen LogP contribution in [-0.2, 0) is 27.3 Å². The maximum Gasteiger partial charge on any atom is 0.306 e. The highest BCUT2D eigenvalue weighted by Crippen LogP contribution is 2.40. The van der Waals surface area contributed by atoms with Crippen molar-refractivity contribution >= 4 is 29.4 Å². The topological polar surface area (TPSA) is 87.2 Å². The van der Waals surface area contributed by atoms with E-state index < -0.39 is 11.8 Å². The molecule has 1 aliphatic heterocycles. The van der Waals surface area contributed by atoms with Gasteiger partial charge in [0.1, 0.15) is 6.61 Å². The lowest BCUT2D eigenvalue weighted by Crippen LogP contribution is -2.34. The predicted molar refractivity (Wildman–Crippen MR) is 144 cm³/mol. The Morgan fingerprint density at radius 2 is 1.77 bits per heavy atom. The van der Waals surface area contributed by atoms with Crippen LogP contribution in [0.3, 0.4) is 0 Å². The summed E-state index contributed by atoms with van der Waals surface area (Å²) in [6, 6.07) is 11.2. The summed E-state index contributed by atoms with van der Waals surface area (Å²) in [5.41, 5.74) is 3.33. The monoisotopic (exact) mass is 556 g/mol. The van der Waals surface area contributed by atoms with Crippen molar-refractivity contribution in [3.63, 3.8) is 0 Å². The number of carboxylic acids is 1. The zero-order valence-corrected chi connectivity index (χ0v) is 22.7. The Bertz CT molecular complexity index is 1230. The number of fused-ring (bicyclic) bond motifs is 1. The van der Waals surface area contributed by atoms with E-state index in [-0.39, 0.29) is 55.5 Å². The van der Waals surface area contributed by atoms with Gasteiger partial charge >= 0.3 is 5.97 Å². The Kier molecular flexibility index (Phi) is 8.52. The van der Waals surface area contributed by atoms with E-state index in [1.807, 2.05) is 18.2 Å². The average Bonchev–Trinajstić information content (AvgIpc) is 3.47. The third kappa shape index (κ3) is 6.44. The summed E-state index contributed by atoms with van der Waals surface area (Å²) < 4.78 is 20.6. The third-order valence-corrected chi connectivity index (χ3v) is 8.62. The zero-order chi connectivity index (χ0) is 27.5. The normalized spacial score (nSPS) is 22.9. The van der Waals surface area contributed by atoms with E-state index in [2.05, 4.69) is 11.0 Å². The van der Waals surface area contributed by atoms with Crippen LogP contribution in [0, 0.1) is 17.7 Å². The first-order valence-corrected chi connectivity index (χ1v) is 14.2. The molecule has 0 bridgehead atoms. The van der Waals surface area contributed by atoms with Crippen LogP contribution in [0.2, 0.25) is 5.02 Å². The van der Waals surface area contributed by atoms with E-state index in [1.165, 1.54) is 22.1 Å². The minimum atomic E-state index is -0.705. The molecule has 7 nitrogen and oxygen atoms in total. The Morgan fingerprint density at radius 1 is 1.03 bits per heavy atom. The molecule has 0 aromatic heterocycles. The van der Waals surface area contributed by atoms with Crippen molar-refractivity contribution in [2.45, 2.75) is 64.0 Å². The smallest absolute Gasteiger partial charge is 0.306 e. The molecule has 1 N–H and O–H groups in total. The number of halogens is 2. The van der Waals surface area contributed by atoms with Gasteiger partial charge in [-0.1, -0.05) is 23.7 Å². The summed E-state index contributed by atoms with van der Waals surface area (Å²) in [7, 11) is 0. The van der Waals surface area contributed by atoms with Crippen LogP contribution >= 0.6 is 11.6 Å². The number of carboxylic acid groups (broad SMARTS) is 1. The highest BCUT2D eigenvalue weighted by Gasteiger charge is 2.33. The number of hydrogen-bond donors (Lipinski definition) is 1. The number of rotatable bonds is 10. The molecule has 2 fully saturated rings. The van der Waals surface area contributed by atoms with Crippen LogP contribution in [0.25, 0.3) is 0 Å². The van der Waals surface area contributed by atoms with Crippen LogP contribution in [0.5, 0.6) is 5.75 Å². The summed E-state index contributed by atoms with van der Waals surface area (Å²) in [6.07, 6.45) is 5.47. The molecule has 2 aliphatic carbocycles. The first kappa shape index (κ1) is 27.6. The van der Waals surface area contributed by atoms with Gasteiger partial charge in [-0.25, -0.2) is 4.39 Å². The Hall–Kier alpha value is -2.97. The van der Waals surface area contributed by atoms with Gasteiger partial charge in [-0.05, 0) is 85.4 Å². The van der Waals surface area contributed by atoms with Crippen molar-refractivity contribution < 1.29 is 28.6 Å². The molecule has 0 spiro atoms. The van der Waals surface area contributed by atoms with Gasteiger partial charge in [0, 0.05) is 37.0 Å². The molecule has 3 aliphatic rings. The molecule has 39 heavy (non-hydrogen) atoms. The summed E-state index contributed by atoms with van der Waals surface area (Å²) in [5.74, 6) is -1.39. The number of carbonyl (C=O) groups excluding carboxylic acids is 2. The number of carbonyl (C=O) groups is 3. The lowest BCUT2D eigenvalue weighted by Gasteiger charge is -2.35. The standard InChI is InChI=1S/C30H34ClFN2O5/c31-23-7-8-24-22(16-23)6-9-26(24)33(17-19-1-4-21(5-2-19)30(37)38)18-20-3-10-27(25(32)15-20)39-14-13-34-28(35)11-12-29(34)36/h3,7-8,10,15-16,19,21,26H,1-2,4-6,9,11-14,17-18H2,(H,37,38)/t19?,21?,26-/m0/s1. The summed E-state index contributed by atoms with van der Waals surface area (Å²) in [6.45, 7) is 1.53. The van der Waals surface area contributed by atoms with E-state index in [4.69, 9.17) is 16.3 Å². The Balaban J connectivity index is 1.27. The maximum absolute atomic E-state index is 15.0. The lowest BCUT2D eigenvalue weighted by atomic mass is 9.81. The average molecular weight is 557 g/mol. The van der Waals surface area contributed by atoms with Crippen LogP contribution in [0.1, 0.15) is 67.7 Å². The molecule has 9 heteroatoms. The fourth-order valence-corrected chi connectivity index (χ4v) is 6.48. The van der Waals surface area contributed by atoms with Crippen molar-refractivity contribution in [1.82, 2.24) is 9.80 Å². The second-order valence-corrected chi connectivity index (χ2v) is 11.4. The SMILES string of the molecule is O=C(O)C1CCC(CN(Cc2ccc(OCCN3C(=O)CCC3=O)c(F)c2)[C@H]2CCc3cc(Cl)ccc32)CC1. The Morgan fingerprint density at radius 3 is 2.46 bits per heavy atom. The fourth-order valence-electron chi connectivity index (χ4n) is 6.28. The summed E-state index contributed by atoms with van der Waals surface area (Å²) in [4.78, 5) is 38.5. The van der Waals surface area contributed by atoms with E-state index in [1.54, 1.807) is 6.07 Å². The van der Waals surface area contributed by atoms with E-state index in [0.29, 0.717) is 25.3 Å². The molecule has 1 saturated heterocycles. The number of imide groups is 1. The quantitative estimate of drug-likeness (QED) is 0.395. The highest BCUT2D eigenvalue weighted by atomic mass is 35.5. The van der Waals surface area contributed by atoms with Gasteiger partial charge in [-0.15, -0.1) is 0 Å². The minimum Gasteiger partial charge on any atom is -0.489 e. The van der Waals surface area contributed by atoms with Gasteiger partial charge in [0.25, 0.3) is 0 Å². The number of ether oxygens (including phenoxy) is 1. The maximum atomic E-state index is 15.0. The van der Waals surface area contributed by atoms with Crippen LogP contribution < -0.4 is 4.74 Å². The van der Waals surface area contributed by atoms with Crippen molar-refractivity contribution in [3.05, 3.63) is 63.9 Å². The molecule has 1 saturated carbocycles. The molecule has 5 rings (SSSR count).